The maximum absolute atomic E-state index is 5.83. The Kier molecular flexibility index (Phi) is 5.08. The molecule has 1 aliphatic carbocycles. The van der Waals surface area contributed by atoms with Gasteiger partial charge in [-0.1, -0.05) is 24.6 Å². The predicted octanol–water partition coefficient (Wildman–Crippen LogP) is 4.29. The Bertz CT molecular complexity index is 385. The Morgan fingerprint density at radius 2 is 2.00 bits per heavy atom. The van der Waals surface area contributed by atoms with Crippen LogP contribution in [0.25, 0.3) is 0 Å². The summed E-state index contributed by atoms with van der Waals surface area (Å²) in [5, 5.41) is 0. The first-order valence-electron chi connectivity index (χ1n) is 7.07. The van der Waals surface area contributed by atoms with E-state index < -0.39 is 0 Å². The van der Waals surface area contributed by atoms with E-state index in [4.69, 9.17) is 11.6 Å². The molecule has 2 heteroatoms. The molecule has 1 aliphatic rings. The summed E-state index contributed by atoms with van der Waals surface area (Å²) in [6.07, 6.45) is 5.23. The molecule has 1 aromatic carbocycles. The SMILES string of the molecule is Cc1ccc(CN(CCCCl)C2CCC2)cc1C. The summed E-state index contributed by atoms with van der Waals surface area (Å²) in [5.74, 6) is 0.774. The second-order valence-corrected chi connectivity index (χ2v) is 5.89. The molecule has 1 aromatic rings. The van der Waals surface area contributed by atoms with Gasteiger partial charge in [-0.2, -0.15) is 0 Å². The highest BCUT2D eigenvalue weighted by molar-refractivity contribution is 6.17. The van der Waals surface area contributed by atoms with Crippen molar-refractivity contribution >= 4 is 11.6 Å². The number of hydrogen-bond donors (Lipinski definition) is 0. The summed E-state index contributed by atoms with van der Waals surface area (Å²) in [4.78, 5) is 2.62. The van der Waals surface area contributed by atoms with Gasteiger partial charge < -0.3 is 0 Å². The number of hydrogen-bond acceptors (Lipinski definition) is 1. The molecule has 0 aromatic heterocycles. The van der Waals surface area contributed by atoms with Crippen LogP contribution in [0.3, 0.4) is 0 Å². The molecule has 0 spiro atoms. The summed E-state index contributed by atoms with van der Waals surface area (Å²) in [5.41, 5.74) is 4.23. The van der Waals surface area contributed by atoms with Gasteiger partial charge >= 0.3 is 0 Å². The van der Waals surface area contributed by atoms with Crippen LogP contribution in [0.5, 0.6) is 0 Å². The van der Waals surface area contributed by atoms with Crippen molar-refractivity contribution in [3.05, 3.63) is 34.9 Å². The maximum atomic E-state index is 5.83. The van der Waals surface area contributed by atoms with Gasteiger partial charge in [-0.3, -0.25) is 4.90 Å². The molecule has 0 unspecified atom stereocenters. The first kappa shape index (κ1) is 13.9. The summed E-state index contributed by atoms with van der Waals surface area (Å²) in [7, 11) is 0. The number of benzene rings is 1. The van der Waals surface area contributed by atoms with Crippen LogP contribution in [0.1, 0.15) is 42.4 Å². The fourth-order valence-electron chi connectivity index (χ4n) is 2.54. The lowest BCUT2D eigenvalue weighted by molar-refractivity contribution is 0.120. The quantitative estimate of drug-likeness (QED) is 0.694. The van der Waals surface area contributed by atoms with Crippen LogP contribution in [0.15, 0.2) is 18.2 Å². The van der Waals surface area contributed by atoms with Gasteiger partial charge in [-0.25, -0.2) is 0 Å². The molecule has 0 N–H and O–H groups in total. The molecule has 0 amide bonds. The molecule has 0 aliphatic heterocycles. The highest BCUT2D eigenvalue weighted by Crippen LogP contribution is 2.26. The Labute approximate surface area is 116 Å². The van der Waals surface area contributed by atoms with Gasteiger partial charge in [0, 0.05) is 18.5 Å². The molecule has 18 heavy (non-hydrogen) atoms. The van der Waals surface area contributed by atoms with E-state index in [2.05, 4.69) is 36.9 Å². The molecule has 2 rings (SSSR count). The van der Waals surface area contributed by atoms with E-state index in [0.29, 0.717) is 0 Å². The van der Waals surface area contributed by atoms with Gasteiger partial charge in [0.25, 0.3) is 0 Å². The van der Waals surface area contributed by atoms with Gasteiger partial charge in [0.05, 0.1) is 0 Å². The standard InChI is InChI=1S/C16H24ClN/c1-13-7-8-15(11-14(13)2)12-18(10-4-9-17)16-5-3-6-16/h7-8,11,16H,3-6,9-10,12H2,1-2H3. The second-order valence-electron chi connectivity index (χ2n) is 5.52. The molecule has 0 atom stereocenters. The monoisotopic (exact) mass is 265 g/mol. The zero-order valence-electron chi connectivity index (χ0n) is 11.6. The van der Waals surface area contributed by atoms with Gasteiger partial charge in [0.15, 0.2) is 0 Å². The van der Waals surface area contributed by atoms with Crippen LogP contribution < -0.4 is 0 Å². The predicted molar refractivity (Wildman–Crippen MR) is 79.3 cm³/mol. The normalized spacial score (nSPS) is 16.0. The summed E-state index contributed by atoms with van der Waals surface area (Å²) in [6.45, 7) is 6.60. The highest BCUT2D eigenvalue weighted by atomic mass is 35.5. The second kappa shape index (κ2) is 6.58. The third kappa shape index (κ3) is 3.49. The van der Waals surface area contributed by atoms with Crippen LogP contribution >= 0.6 is 11.6 Å². The zero-order valence-corrected chi connectivity index (χ0v) is 12.3. The van der Waals surface area contributed by atoms with E-state index in [9.17, 15) is 0 Å². The minimum Gasteiger partial charge on any atom is -0.296 e. The van der Waals surface area contributed by atoms with Gasteiger partial charge in [0.2, 0.25) is 0 Å². The maximum Gasteiger partial charge on any atom is 0.0236 e. The van der Waals surface area contributed by atoms with Crippen molar-refractivity contribution in [1.29, 1.82) is 0 Å². The lowest BCUT2D eigenvalue weighted by Gasteiger charge is -2.37. The first-order chi connectivity index (χ1) is 8.70. The van der Waals surface area contributed by atoms with Crippen LogP contribution in [0.2, 0.25) is 0 Å². The summed E-state index contributed by atoms with van der Waals surface area (Å²) in [6, 6.07) is 7.65. The van der Waals surface area contributed by atoms with Gasteiger partial charge in [-0.05, 0) is 56.3 Å². The minimum absolute atomic E-state index is 0.774. The lowest BCUT2D eigenvalue weighted by atomic mass is 9.91. The van der Waals surface area contributed by atoms with Crippen LogP contribution in [-0.2, 0) is 6.54 Å². The summed E-state index contributed by atoms with van der Waals surface area (Å²) < 4.78 is 0. The molecule has 1 nitrogen and oxygen atoms in total. The molecular weight excluding hydrogens is 242 g/mol. The number of alkyl halides is 1. The molecule has 0 bridgehead atoms. The van der Waals surface area contributed by atoms with Crippen molar-refractivity contribution in [2.75, 3.05) is 12.4 Å². The fourth-order valence-corrected chi connectivity index (χ4v) is 2.66. The van der Waals surface area contributed by atoms with E-state index >= 15 is 0 Å². The molecule has 0 heterocycles. The number of aryl methyl sites for hydroxylation is 2. The Hall–Kier alpha value is -0.530. The Morgan fingerprint density at radius 1 is 1.22 bits per heavy atom. The Morgan fingerprint density at radius 3 is 2.56 bits per heavy atom. The molecule has 0 saturated heterocycles. The number of rotatable bonds is 6. The van der Waals surface area contributed by atoms with Crippen molar-refractivity contribution in [2.45, 2.75) is 52.1 Å². The topological polar surface area (TPSA) is 3.24 Å². The average Bonchev–Trinajstić information content (AvgIpc) is 2.28. The van der Waals surface area contributed by atoms with E-state index in [1.165, 1.54) is 36.0 Å². The number of halogens is 1. The van der Waals surface area contributed by atoms with E-state index in [-0.39, 0.29) is 0 Å². The molecule has 100 valence electrons. The largest absolute Gasteiger partial charge is 0.296 e. The van der Waals surface area contributed by atoms with Crippen molar-refractivity contribution in [3.63, 3.8) is 0 Å². The fraction of sp³-hybridized carbons (Fsp3) is 0.625. The Balaban J connectivity index is 1.99. The highest BCUT2D eigenvalue weighted by Gasteiger charge is 2.24. The molecular formula is C16H24ClN. The lowest BCUT2D eigenvalue weighted by Crippen LogP contribution is -2.40. The third-order valence-electron chi connectivity index (χ3n) is 4.13. The summed E-state index contributed by atoms with van der Waals surface area (Å²) >= 11 is 5.83. The molecule has 0 radical (unpaired) electrons. The van der Waals surface area contributed by atoms with Crippen molar-refractivity contribution in [1.82, 2.24) is 4.90 Å². The van der Waals surface area contributed by atoms with Gasteiger partial charge in [0.1, 0.15) is 0 Å². The van der Waals surface area contributed by atoms with E-state index in [0.717, 1.165) is 31.4 Å². The van der Waals surface area contributed by atoms with E-state index in [1.807, 2.05) is 0 Å². The van der Waals surface area contributed by atoms with Crippen molar-refractivity contribution in [3.8, 4) is 0 Å². The van der Waals surface area contributed by atoms with Crippen LogP contribution in [0.4, 0.5) is 0 Å². The third-order valence-corrected chi connectivity index (χ3v) is 4.39. The first-order valence-corrected chi connectivity index (χ1v) is 7.60. The minimum atomic E-state index is 0.774. The van der Waals surface area contributed by atoms with Crippen molar-refractivity contribution in [2.24, 2.45) is 0 Å². The smallest absolute Gasteiger partial charge is 0.0236 e. The molecule has 1 fully saturated rings. The molecule has 1 saturated carbocycles. The van der Waals surface area contributed by atoms with Gasteiger partial charge in [-0.15, -0.1) is 11.6 Å². The van der Waals surface area contributed by atoms with Crippen molar-refractivity contribution < 1.29 is 0 Å². The average molecular weight is 266 g/mol. The van der Waals surface area contributed by atoms with E-state index in [1.54, 1.807) is 0 Å². The number of nitrogens with zero attached hydrogens (tertiary/aromatic N) is 1. The zero-order chi connectivity index (χ0) is 13.0. The van der Waals surface area contributed by atoms with Crippen LogP contribution in [-0.4, -0.2) is 23.4 Å². The van der Waals surface area contributed by atoms with Crippen LogP contribution in [0, 0.1) is 13.8 Å².